The third-order valence-electron chi connectivity index (χ3n) is 5.83. The van der Waals surface area contributed by atoms with Gasteiger partial charge in [-0.25, -0.2) is 4.39 Å². The van der Waals surface area contributed by atoms with Gasteiger partial charge in [-0.3, -0.25) is 14.5 Å². The van der Waals surface area contributed by atoms with E-state index in [1.165, 1.54) is 11.0 Å². The number of aromatic nitrogens is 1. The monoisotopic (exact) mass is 426 g/mol. The number of hydrogen-bond donors (Lipinski definition) is 0. The zero-order chi connectivity index (χ0) is 22.0. The summed E-state index contributed by atoms with van der Waals surface area (Å²) in [5.74, 6) is -0.576. The third kappa shape index (κ3) is 2.48. The average Bonchev–Trinajstić information content (AvgIpc) is 3.35. The number of carbonyl (C=O) groups is 1. The topological polar surface area (TPSA) is 76.6 Å². The zero-order valence-electron chi connectivity index (χ0n) is 16.8. The lowest BCUT2D eigenvalue weighted by Gasteiger charge is -2.22. The first-order chi connectivity index (χ1) is 15.5. The van der Waals surface area contributed by atoms with Crippen molar-refractivity contribution in [2.24, 2.45) is 0 Å². The van der Waals surface area contributed by atoms with Crippen molar-refractivity contribution in [2.45, 2.75) is 13.0 Å². The standard InChI is InChI=1S/C25H15FN2O4/c1-13-12-19(27-32-13)28-22(16-8-4-5-9-17(16)26)21-23(29)20-15-7-3-2-6-14(15)10-11-18(20)31-24(21)25(28)30/h2-12,22H,1H3. The van der Waals surface area contributed by atoms with Crippen molar-refractivity contribution in [3.63, 3.8) is 0 Å². The van der Waals surface area contributed by atoms with Gasteiger partial charge in [-0.05, 0) is 29.8 Å². The van der Waals surface area contributed by atoms with E-state index in [1.807, 2.05) is 30.3 Å². The molecule has 6 rings (SSSR count). The Hall–Kier alpha value is -4.26. The van der Waals surface area contributed by atoms with Crippen molar-refractivity contribution in [1.82, 2.24) is 5.16 Å². The Balaban J connectivity index is 1.73. The van der Waals surface area contributed by atoms with E-state index in [0.717, 1.165) is 5.39 Å². The lowest BCUT2D eigenvalue weighted by molar-refractivity contribution is 0.0969. The highest BCUT2D eigenvalue weighted by molar-refractivity contribution is 6.12. The molecule has 0 N–H and O–H groups in total. The average molecular weight is 426 g/mol. The predicted octanol–water partition coefficient (Wildman–Crippen LogP) is 5.13. The van der Waals surface area contributed by atoms with Crippen LogP contribution in [0.4, 0.5) is 10.2 Å². The van der Waals surface area contributed by atoms with Crippen molar-refractivity contribution in [1.29, 1.82) is 0 Å². The molecule has 0 aliphatic carbocycles. The van der Waals surface area contributed by atoms with Crippen LogP contribution in [0.5, 0.6) is 0 Å². The fourth-order valence-electron chi connectivity index (χ4n) is 4.43. The fourth-order valence-corrected chi connectivity index (χ4v) is 4.43. The SMILES string of the molecule is Cc1cc(N2C(=O)c3oc4ccc5ccccc5c4c(=O)c3C2c2ccccc2F)no1. The molecule has 0 spiro atoms. The van der Waals surface area contributed by atoms with E-state index in [0.29, 0.717) is 22.1 Å². The minimum atomic E-state index is -1.04. The smallest absolute Gasteiger partial charge is 0.296 e. The van der Waals surface area contributed by atoms with E-state index < -0.39 is 17.8 Å². The van der Waals surface area contributed by atoms with Crippen LogP contribution in [0, 0.1) is 12.7 Å². The molecule has 5 aromatic rings. The Kier molecular flexibility index (Phi) is 3.83. The second-order valence-electron chi connectivity index (χ2n) is 7.73. The van der Waals surface area contributed by atoms with Gasteiger partial charge in [0.1, 0.15) is 17.2 Å². The Morgan fingerprint density at radius 2 is 1.78 bits per heavy atom. The molecule has 0 saturated carbocycles. The Labute approximate surface area is 180 Å². The van der Waals surface area contributed by atoms with Crippen LogP contribution in [0.2, 0.25) is 0 Å². The van der Waals surface area contributed by atoms with Gasteiger partial charge in [0.2, 0.25) is 5.76 Å². The molecule has 3 aromatic carbocycles. The highest BCUT2D eigenvalue weighted by Crippen LogP contribution is 2.42. The summed E-state index contributed by atoms with van der Waals surface area (Å²) in [5, 5.41) is 5.87. The molecule has 1 aliphatic heterocycles. The van der Waals surface area contributed by atoms with Gasteiger partial charge in [0.15, 0.2) is 11.2 Å². The van der Waals surface area contributed by atoms with E-state index in [-0.39, 0.29) is 28.1 Å². The summed E-state index contributed by atoms with van der Waals surface area (Å²) in [6, 6.07) is 17.5. The van der Waals surface area contributed by atoms with Gasteiger partial charge in [-0.2, -0.15) is 0 Å². The molecule has 32 heavy (non-hydrogen) atoms. The Bertz CT molecular complexity index is 1620. The van der Waals surface area contributed by atoms with Gasteiger partial charge in [0.25, 0.3) is 5.91 Å². The number of rotatable bonds is 2. The first-order valence-corrected chi connectivity index (χ1v) is 10.0. The van der Waals surface area contributed by atoms with Crippen LogP contribution < -0.4 is 10.3 Å². The number of hydrogen-bond acceptors (Lipinski definition) is 5. The summed E-state index contributed by atoms with van der Waals surface area (Å²) < 4.78 is 26.1. The van der Waals surface area contributed by atoms with Crippen molar-refractivity contribution in [2.75, 3.05) is 4.90 Å². The number of nitrogens with zero attached hydrogens (tertiary/aromatic N) is 2. The maximum atomic E-state index is 14.9. The minimum absolute atomic E-state index is 0.0876. The maximum absolute atomic E-state index is 14.9. The molecule has 1 atom stereocenters. The Morgan fingerprint density at radius 3 is 2.56 bits per heavy atom. The van der Waals surface area contributed by atoms with E-state index in [1.54, 1.807) is 37.3 Å². The van der Waals surface area contributed by atoms with Gasteiger partial charge in [-0.1, -0.05) is 53.7 Å². The third-order valence-corrected chi connectivity index (χ3v) is 5.83. The summed E-state index contributed by atoms with van der Waals surface area (Å²) >= 11 is 0. The van der Waals surface area contributed by atoms with E-state index in [2.05, 4.69) is 5.16 Å². The molecule has 2 aromatic heterocycles. The number of aryl methyl sites for hydroxylation is 1. The van der Waals surface area contributed by atoms with Crippen LogP contribution in [0.3, 0.4) is 0 Å². The van der Waals surface area contributed by atoms with Gasteiger partial charge < -0.3 is 8.94 Å². The molecule has 6 nitrogen and oxygen atoms in total. The predicted molar refractivity (Wildman–Crippen MR) is 116 cm³/mol. The second-order valence-corrected chi connectivity index (χ2v) is 7.73. The van der Waals surface area contributed by atoms with Gasteiger partial charge in [0, 0.05) is 11.6 Å². The summed E-state index contributed by atoms with van der Waals surface area (Å²) in [5.41, 5.74) is 0.186. The van der Waals surface area contributed by atoms with Crippen LogP contribution in [0.15, 0.2) is 80.5 Å². The van der Waals surface area contributed by atoms with Crippen LogP contribution in [0.1, 0.15) is 33.5 Å². The lowest BCUT2D eigenvalue weighted by atomic mass is 9.96. The molecule has 0 saturated heterocycles. The molecule has 7 heteroatoms. The number of carbonyl (C=O) groups excluding carboxylic acids is 1. The fraction of sp³-hybridized carbons (Fsp3) is 0.0800. The zero-order valence-corrected chi connectivity index (χ0v) is 16.8. The first-order valence-electron chi connectivity index (χ1n) is 10.0. The molecule has 0 radical (unpaired) electrons. The lowest BCUT2D eigenvalue weighted by Crippen LogP contribution is -2.30. The van der Waals surface area contributed by atoms with Gasteiger partial charge >= 0.3 is 0 Å². The van der Waals surface area contributed by atoms with E-state index in [9.17, 15) is 14.0 Å². The number of fused-ring (bicyclic) bond motifs is 4. The first kappa shape index (κ1) is 18.5. The van der Waals surface area contributed by atoms with Crippen molar-refractivity contribution in [3.8, 4) is 0 Å². The molecule has 1 unspecified atom stereocenters. The molecule has 1 aliphatic rings. The molecule has 1 amide bonds. The van der Waals surface area contributed by atoms with Crippen LogP contribution in [-0.4, -0.2) is 11.1 Å². The minimum Gasteiger partial charge on any atom is -0.450 e. The summed E-state index contributed by atoms with van der Waals surface area (Å²) in [4.78, 5) is 28.6. The van der Waals surface area contributed by atoms with E-state index >= 15 is 0 Å². The molecule has 0 bridgehead atoms. The molecule has 0 fully saturated rings. The molecule has 156 valence electrons. The second kappa shape index (κ2) is 6.62. The Morgan fingerprint density at radius 1 is 1.00 bits per heavy atom. The van der Waals surface area contributed by atoms with Gasteiger partial charge in [0.05, 0.1) is 17.0 Å². The molecular formula is C25H15FN2O4. The van der Waals surface area contributed by atoms with Crippen LogP contribution in [0.25, 0.3) is 21.7 Å². The van der Waals surface area contributed by atoms with Crippen LogP contribution >= 0.6 is 0 Å². The van der Waals surface area contributed by atoms with Crippen molar-refractivity contribution < 1.29 is 18.1 Å². The van der Waals surface area contributed by atoms with Crippen molar-refractivity contribution in [3.05, 3.63) is 105 Å². The quantitative estimate of drug-likeness (QED) is 0.366. The number of anilines is 1. The number of halogens is 1. The van der Waals surface area contributed by atoms with Crippen molar-refractivity contribution >= 4 is 33.5 Å². The van der Waals surface area contributed by atoms with Gasteiger partial charge in [-0.15, -0.1) is 0 Å². The highest BCUT2D eigenvalue weighted by Gasteiger charge is 2.45. The summed E-state index contributed by atoms with van der Waals surface area (Å²) in [6.07, 6.45) is 0. The largest absolute Gasteiger partial charge is 0.450 e. The number of benzene rings is 3. The normalized spacial score (nSPS) is 15.6. The van der Waals surface area contributed by atoms with E-state index in [4.69, 9.17) is 8.94 Å². The molecular weight excluding hydrogens is 411 g/mol. The molecule has 3 heterocycles. The highest BCUT2D eigenvalue weighted by atomic mass is 19.1. The number of amides is 1. The summed E-state index contributed by atoms with van der Waals surface area (Å²) in [6.45, 7) is 1.69. The maximum Gasteiger partial charge on any atom is 0.296 e. The van der Waals surface area contributed by atoms with Crippen LogP contribution in [-0.2, 0) is 0 Å². The summed E-state index contributed by atoms with van der Waals surface area (Å²) in [7, 11) is 0.